The minimum atomic E-state index is -0.271. The summed E-state index contributed by atoms with van der Waals surface area (Å²) in [5.74, 6) is 0.850. The Labute approximate surface area is 118 Å². The summed E-state index contributed by atoms with van der Waals surface area (Å²) in [5, 5.41) is 7.36. The Balaban J connectivity index is 2.06. The van der Waals surface area contributed by atoms with Crippen LogP contribution in [-0.4, -0.2) is 22.7 Å². The van der Waals surface area contributed by atoms with Gasteiger partial charge in [-0.05, 0) is 37.2 Å². The predicted molar refractivity (Wildman–Crippen MR) is 75.8 cm³/mol. The predicted octanol–water partition coefficient (Wildman–Crippen LogP) is 3.20. The lowest BCUT2D eigenvalue weighted by Gasteiger charge is -2.14. The van der Waals surface area contributed by atoms with Crippen LogP contribution in [0.2, 0.25) is 0 Å². The van der Waals surface area contributed by atoms with Crippen molar-refractivity contribution >= 4 is 0 Å². The molecule has 0 saturated carbocycles. The summed E-state index contributed by atoms with van der Waals surface area (Å²) in [5.41, 5.74) is 0.761. The summed E-state index contributed by atoms with van der Waals surface area (Å²) in [6.45, 7) is 5.16. The fraction of sp³-hybridized carbons (Fsp3) is 0.467. The molecule has 4 nitrogen and oxygen atoms in total. The van der Waals surface area contributed by atoms with E-state index >= 15 is 0 Å². The van der Waals surface area contributed by atoms with E-state index in [1.54, 1.807) is 12.1 Å². The lowest BCUT2D eigenvalue weighted by molar-refractivity contribution is 0.352. The maximum atomic E-state index is 12.9. The maximum absolute atomic E-state index is 12.9. The summed E-state index contributed by atoms with van der Waals surface area (Å²) in [6.07, 6.45) is 2.90. The molecule has 1 heterocycles. The van der Waals surface area contributed by atoms with E-state index in [-0.39, 0.29) is 5.82 Å². The maximum Gasteiger partial charge on any atom is 0.228 e. The quantitative estimate of drug-likeness (QED) is 0.844. The van der Waals surface area contributed by atoms with Crippen LogP contribution in [0.3, 0.4) is 0 Å². The topological polar surface area (TPSA) is 51.0 Å². The van der Waals surface area contributed by atoms with E-state index in [2.05, 4.69) is 29.3 Å². The Morgan fingerprint density at radius 1 is 1.25 bits per heavy atom. The Morgan fingerprint density at radius 3 is 2.65 bits per heavy atom. The number of nitrogens with one attached hydrogen (secondary N) is 1. The van der Waals surface area contributed by atoms with Gasteiger partial charge < -0.3 is 9.84 Å². The minimum Gasteiger partial charge on any atom is -0.339 e. The first kappa shape index (κ1) is 14.7. The first-order valence-corrected chi connectivity index (χ1v) is 7.04. The lowest BCUT2D eigenvalue weighted by atomic mass is 10.1. The van der Waals surface area contributed by atoms with Gasteiger partial charge in [-0.1, -0.05) is 25.4 Å². The van der Waals surface area contributed by atoms with Gasteiger partial charge in [0.2, 0.25) is 11.7 Å². The van der Waals surface area contributed by atoms with E-state index in [0.717, 1.165) is 31.4 Å². The third kappa shape index (κ3) is 3.87. The SMILES string of the molecule is CCCC(Cc1nc(-c2ccc(F)cc2)no1)NCC. The van der Waals surface area contributed by atoms with Gasteiger partial charge >= 0.3 is 0 Å². The molecular formula is C15H20FN3O. The number of hydrogen-bond acceptors (Lipinski definition) is 4. The number of aromatic nitrogens is 2. The van der Waals surface area contributed by atoms with Gasteiger partial charge in [0.05, 0.1) is 0 Å². The van der Waals surface area contributed by atoms with Crippen molar-refractivity contribution < 1.29 is 8.91 Å². The van der Waals surface area contributed by atoms with Crippen molar-refractivity contribution in [2.24, 2.45) is 0 Å². The summed E-state index contributed by atoms with van der Waals surface area (Å²) >= 11 is 0. The molecule has 0 spiro atoms. The molecule has 2 rings (SSSR count). The van der Waals surface area contributed by atoms with Crippen molar-refractivity contribution in [1.29, 1.82) is 0 Å². The van der Waals surface area contributed by atoms with Gasteiger partial charge in [0.1, 0.15) is 5.82 Å². The number of benzene rings is 1. The van der Waals surface area contributed by atoms with Gasteiger partial charge in [0.15, 0.2) is 0 Å². The summed E-state index contributed by atoms with van der Waals surface area (Å²) in [6, 6.07) is 6.44. The van der Waals surface area contributed by atoms with Gasteiger partial charge in [-0.3, -0.25) is 0 Å². The molecule has 1 aromatic carbocycles. The number of nitrogens with zero attached hydrogens (tertiary/aromatic N) is 2. The van der Waals surface area contributed by atoms with E-state index in [1.807, 2.05) is 0 Å². The van der Waals surface area contributed by atoms with Gasteiger partial charge in [-0.15, -0.1) is 0 Å². The van der Waals surface area contributed by atoms with Crippen molar-refractivity contribution in [3.63, 3.8) is 0 Å². The van der Waals surface area contributed by atoms with Crippen molar-refractivity contribution in [3.05, 3.63) is 36.0 Å². The van der Waals surface area contributed by atoms with Crippen LogP contribution in [0.15, 0.2) is 28.8 Å². The monoisotopic (exact) mass is 277 g/mol. The van der Waals surface area contributed by atoms with Crippen molar-refractivity contribution in [2.45, 2.75) is 39.2 Å². The van der Waals surface area contributed by atoms with Gasteiger partial charge in [0, 0.05) is 18.0 Å². The number of hydrogen-bond donors (Lipinski definition) is 1. The van der Waals surface area contributed by atoms with E-state index in [1.165, 1.54) is 12.1 Å². The Hall–Kier alpha value is -1.75. The normalized spacial score (nSPS) is 12.6. The highest BCUT2D eigenvalue weighted by molar-refractivity contribution is 5.53. The third-order valence-corrected chi connectivity index (χ3v) is 3.12. The molecule has 0 aliphatic heterocycles. The van der Waals surface area contributed by atoms with Gasteiger partial charge in [-0.2, -0.15) is 4.98 Å². The van der Waals surface area contributed by atoms with Gasteiger partial charge in [0.25, 0.3) is 0 Å². The second-order valence-electron chi connectivity index (χ2n) is 4.77. The molecule has 0 fully saturated rings. The zero-order chi connectivity index (χ0) is 14.4. The Kier molecular flexibility index (Phi) is 5.24. The zero-order valence-corrected chi connectivity index (χ0v) is 11.9. The van der Waals surface area contributed by atoms with Crippen LogP contribution in [0.1, 0.15) is 32.6 Å². The first-order valence-electron chi connectivity index (χ1n) is 7.04. The molecule has 0 aliphatic rings. The highest BCUT2D eigenvalue weighted by atomic mass is 19.1. The molecule has 20 heavy (non-hydrogen) atoms. The van der Waals surface area contributed by atoms with Crippen molar-refractivity contribution in [1.82, 2.24) is 15.5 Å². The average molecular weight is 277 g/mol. The summed E-state index contributed by atoms with van der Waals surface area (Å²) < 4.78 is 18.2. The average Bonchev–Trinajstić information content (AvgIpc) is 2.89. The molecule has 0 amide bonds. The van der Waals surface area contributed by atoms with Crippen LogP contribution in [0, 0.1) is 5.82 Å². The molecule has 1 atom stereocenters. The van der Waals surface area contributed by atoms with Crippen LogP contribution < -0.4 is 5.32 Å². The molecule has 1 N–H and O–H groups in total. The van der Waals surface area contributed by atoms with Crippen molar-refractivity contribution in [2.75, 3.05) is 6.54 Å². The van der Waals surface area contributed by atoms with Crippen molar-refractivity contribution in [3.8, 4) is 11.4 Å². The smallest absolute Gasteiger partial charge is 0.228 e. The second kappa shape index (κ2) is 7.14. The Morgan fingerprint density at radius 2 is 2.00 bits per heavy atom. The summed E-state index contributed by atoms with van der Waals surface area (Å²) in [4.78, 5) is 4.37. The number of rotatable bonds is 7. The zero-order valence-electron chi connectivity index (χ0n) is 11.9. The van der Waals surface area contributed by atoms with Crippen LogP contribution in [0.25, 0.3) is 11.4 Å². The minimum absolute atomic E-state index is 0.271. The molecule has 108 valence electrons. The molecule has 2 aromatic rings. The summed E-state index contributed by atoms with van der Waals surface area (Å²) in [7, 11) is 0. The first-order chi connectivity index (χ1) is 9.72. The number of halogens is 1. The fourth-order valence-electron chi connectivity index (χ4n) is 2.18. The lowest BCUT2D eigenvalue weighted by Crippen LogP contribution is -2.30. The van der Waals surface area contributed by atoms with E-state index in [0.29, 0.717) is 17.8 Å². The van der Waals surface area contributed by atoms with Gasteiger partial charge in [-0.25, -0.2) is 4.39 Å². The molecule has 1 unspecified atom stereocenters. The molecular weight excluding hydrogens is 257 g/mol. The highest BCUT2D eigenvalue weighted by Gasteiger charge is 2.14. The third-order valence-electron chi connectivity index (χ3n) is 3.12. The highest BCUT2D eigenvalue weighted by Crippen LogP contribution is 2.17. The van der Waals surface area contributed by atoms with Crippen LogP contribution in [0.5, 0.6) is 0 Å². The van der Waals surface area contributed by atoms with E-state index < -0.39 is 0 Å². The largest absolute Gasteiger partial charge is 0.339 e. The van der Waals surface area contributed by atoms with Crippen LogP contribution in [0.4, 0.5) is 4.39 Å². The molecule has 0 aliphatic carbocycles. The van der Waals surface area contributed by atoms with Crippen LogP contribution >= 0.6 is 0 Å². The standard InChI is InChI=1S/C15H20FN3O/c1-3-5-13(17-4-2)10-14-18-15(19-20-14)11-6-8-12(16)9-7-11/h6-9,13,17H,3-5,10H2,1-2H3. The van der Waals surface area contributed by atoms with Crippen LogP contribution in [-0.2, 0) is 6.42 Å². The number of likely N-dealkylation sites (N-methyl/N-ethyl adjacent to an activating group) is 1. The molecule has 5 heteroatoms. The Bertz CT molecular complexity index is 518. The molecule has 1 aromatic heterocycles. The molecule has 0 bridgehead atoms. The molecule has 0 saturated heterocycles. The fourth-order valence-corrected chi connectivity index (χ4v) is 2.18. The van der Waals surface area contributed by atoms with E-state index in [9.17, 15) is 4.39 Å². The second-order valence-corrected chi connectivity index (χ2v) is 4.77. The van der Waals surface area contributed by atoms with E-state index in [4.69, 9.17) is 4.52 Å². The molecule has 0 radical (unpaired) electrons.